The third-order valence-corrected chi connectivity index (χ3v) is 12.2. The zero-order valence-electron chi connectivity index (χ0n) is 32.4. The Labute approximate surface area is 330 Å². The number of ketones is 1. The minimum absolute atomic E-state index is 0. The molecule has 1 saturated carbocycles. The van der Waals surface area contributed by atoms with Crippen LogP contribution in [0.4, 0.5) is 13.2 Å². The first-order valence-corrected chi connectivity index (χ1v) is 19.2. The van der Waals surface area contributed by atoms with Gasteiger partial charge in [0.1, 0.15) is 6.33 Å². The van der Waals surface area contributed by atoms with E-state index in [2.05, 4.69) is 89.0 Å². The third-order valence-electron chi connectivity index (χ3n) is 10.7. The van der Waals surface area contributed by atoms with Gasteiger partial charge in [0.25, 0.3) is 0 Å². The summed E-state index contributed by atoms with van der Waals surface area (Å²) in [6.07, 6.45) is 2.55. The number of allylic oxidation sites excluding steroid dienone is 2. The number of carbonyl (C=O) groups is 1. The number of aryl methyl sites for hydroxylation is 1. The molecule has 1 atom stereocenters. The first kappa shape index (κ1) is 44.3. The molecule has 1 fully saturated rings. The van der Waals surface area contributed by atoms with Crippen LogP contribution < -0.4 is 0 Å². The fourth-order valence-electron chi connectivity index (χ4n) is 7.20. The van der Waals surface area contributed by atoms with Crippen LogP contribution in [0.2, 0.25) is 0 Å². The number of rotatable bonds is 9. The predicted molar refractivity (Wildman–Crippen MR) is 206 cm³/mol. The van der Waals surface area contributed by atoms with Crippen molar-refractivity contribution in [1.29, 1.82) is 5.26 Å². The van der Waals surface area contributed by atoms with Gasteiger partial charge in [0, 0.05) is 53.3 Å². The van der Waals surface area contributed by atoms with Gasteiger partial charge in [-0.15, -0.1) is 40.5 Å². The van der Waals surface area contributed by atoms with E-state index in [9.17, 15) is 28.3 Å². The number of aromatic nitrogens is 2. The Kier molecular flexibility index (Phi) is 14.7. The predicted octanol–water partition coefficient (Wildman–Crippen LogP) is 12.7. The van der Waals surface area contributed by atoms with Crippen molar-refractivity contribution in [2.45, 2.75) is 131 Å². The molecule has 0 amide bonds. The summed E-state index contributed by atoms with van der Waals surface area (Å²) in [4.78, 5) is 22.3. The molecule has 289 valence electrons. The van der Waals surface area contributed by atoms with Crippen molar-refractivity contribution in [3.05, 3.63) is 70.6 Å². The molecule has 10 heteroatoms. The molecule has 0 bridgehead atoms. The van der Waals surface area contributed by atoms with Gasteiger partial charge in [0.15, 0.2) is 5.78 Å². The van der Waals surface area contributed by atoms with E-state index in [1.54, 1.807) is 24.6 Å². The second-order valence-electron chi connectivity index (χ2n) is 16.1. The summed E-state index contributed by atoms with van der Waals surface area (Å²) in [7, 11) is 0. The van der Waals surface area contributed by atoms with E-state index >= 15 is 0 Å². The molecule has 1 aliphatic rings. The van der Waals surface area contributed by atoms with Crippen molar-refractivity contribution in [3.8, 4) is 17.3 Å². The molecule has 0 aliphatic heterocycles. The molecule has 5 nitrogen and oxygen atoms in total. The van der Waals surface area contributed by atoms with Crippen LogP contribution in [0, 0.1) is 41.6 Å². The van der Waals surface area contributed by atoms with Gasteiger partial charge in [-0.3, -0.25) is 9.78 Å². The summed E-state index contributed by atoms with van der Waals surface area (Å²) in [6.45, 7) is 18.8. The zero-order chi connectivity index (χ0) is 38.6. The van der Waals surface area contributed by atoms with Crippen LogP contribution in [-0.4, -0.2) is 27.0 Å². The van der Waals surface area contributed by atoms with E-state index in [4.69, 9.17) is 4.98 Å². The number of carbonyl (C=O) groups excluding carboxylic acids is 1. The van der Waals surface area contributed by atoms with Crippen LogP contribution in [-0.2, 0) is 35.7 Å². The number of thiophene rings is 1. The van der Waals surface area contributed by atoms with Gasteiger partial charge in [0.05, 0.1) is 29.2 Å². The van der Waals surface area contributed by atoms with Crippen molar-refractivity contribution >= 4 is 38.1 Å². The summed E-state index contributed by atoms with van der Waals surface area (Å²) in [5, 5.41) is 22.3. The number of alkyl halides is 3. The molecule has 1 unspecified atom stereocenters. The molecule has 53 heavy (non-hydrogen) atoms. The molecule has 1 radical (unpaired) electrons. The second kappa shape index (κ2) is 17.6. The normalized spacial score (nSPS) is 16.4. The number of fused-ring (bicyclic) bond motifs is 2. The average molecular weight is 925 g/mol. The number of hydrogen-bond donors (Lipinski definition) is 1. The van der Waals surface area contributed by atoms with E-state index in [1.807, 2.05) is 13.8 Å². The third kappa shape index (κ3) is 10.3. The maximum absolute atomic E-state index is 12.3. The largest absolute Gasteiger partial charge is 0.512 e. The molecule has 5 rings (SSSR count). The molecular weight excluding hydrogens is 872 g/mol. The molecule has 2 heterocycles. The molecular formula is C43H53F3IrN3O2S-. The number of aliphatic hydroxyl groups excluding tert-OH is 1. The summed E-state index contributed by atoms with van der Waals surface area (Å²) in [5.41, 5.74) is 5.20. The van der Waals surface area contributed by atoms with Gasteiger partial charge >= 0.3 is 6.18 Å². The molecule has 0 saturated heterocycles. The SMILES string of the molecule is CCC(CC)C(=O)/C=C(\O)C(CC)CC(F)(F)F.Cc1c(C2(C#N)CCC(C)(C)CC2)sc2c(-c3[c-]c4ccccc4c(C(C)(C)C)c3)ncnc12.[Ir]. The number of benzene rings is 2. The summed E-state index contributed by atoms with van der Waals surface area (Å²) in [6, 6.07) is 17.1. The number of hydrogen-bond acceptors (Lipinski definition) is 6. The van der Waals surface area contributed by atoms with Gasteiger partial charge in [0.2, 0.25) is 0 Å². The smallest absolute Gasteiger partial charge is 0.389 e. The monoisotopic (exact) mass is 925 g/mol. The van der Waals surface area contributed by atoms with E-state index in [-0.39, 0.29) is 43.6 Å². The zero-order valence-corrected chi connectivity index (χ0v) is 35.6. The van der Waals surface area contributed by atoms with Gasteiger partial charge in [-0.25, -0.2) is 4.98 Å². The van der Waals surface area contributed by atoms with Gasteiger partial charge in [-0.1, -0.05) is 84.5 Å². The van der Waals surface area contributed by atoms with Crippen LogP contribution >= 0.6 is 11.3 Å². The molecule has 1 N–H and O–H groups in total. The van der Waals surface area contributed by atoms with Crippen molar-refractivity contribution in [1.82, 2.24) is 9.97 Å². The molecule has 2 aromatic heterocycles. The number of nitrogens with zero attached hydrogens (tertiary/aromatic N) is 3. The Balaban J connectivity index is 0.000000342. The second-order valence-corrected chi connectivity index (χ2v) is 17.1. The Hall–Kier alpha value is -3.12. The van der Waals surface area contributed by atoms with Gasteiger partial charge in [-0.2, -0.15) is 18.4 Å². The van der Waals surface area contributed by atoms with Crippen molar-refractivity contribution in [2.24, 2.45) is 17.3 Å². The topological polar surface area (TPSA) is 86.9 Å². The van der Waals surface area contributed by atoms with Gasteiger partial charge < -0.3 is 5.11 Å². The van der Waals surface area contributed by atoms with Crippen LogP contribution in [0.3, 0.4) is 0 Å². The fourth-order valence-corrected chi connectivity index (χ4v) is 8.66. The fraction of sp³-hybridized carbons (Fsp3) is 0.535. The quantitative estimate of drug-likeness (QED) is 0.103. The van der Waals surface area contributed by atoms with Crippen molar-refractivity contribution in [3.63, 3.8) is 0 Å². The molecule has 4 aromatic rings. The maximum atomic E-state index is 12.3. The Morgan fingerprint density at radius 1 is 1.04 bits per heavy atom. The first-order chi connectivity index (χ1) is 24.3. The van der Waals surface area contributed by atoms with Crippen LogP contribution in [0.5, 0.6) is 0 Å². The first-order valence-electron chi connectivity index (χ1n) is 18.4. The molecule has 2 aromatic carbocycles. The van der Waals surface area contributed by atoms with Crippen LogP contribution in [0.25, 0.3) is 32.2 Å². The summed E-state index contributed by atoms with van der Waals surface area (Å²) >= 11 is 1.73. The van der Waals surface area contributed by atoms with Gasteiger partial charge in [-0.05, 0) is 68.3 Å². The Bertz CT molecular complexity index is 1960. The van der Waals surface area contributed by atoms with Crippen LogP contribution in [0.1, 0.15) is 123 Å². The Morgan fingerprint density at radius 2 is 1.64 bits per heavy atom. The Morgan fingerprint density at radius 3 is 2.19 bits per heavy atom. The van der Waals surface area contributed by atoms with Crippen LogP contribution in [0.15, 0.2) is 48.5 Å². The number of nitriles is 1. The minimum atomic E-state index is -4.33. The van der Waals surface area contributed by atoms with E-state index in [0.29, 0.717) is 18.3 Å². The van der Waals surface area contributed by atoms with Crippen molar-refractivity contribution < 1.29 is 43.2 Å². The van der Waals surface area contributed by atoms with E-state index in [0.717, 1.165) is 64.2 Å². The molecule has 1 aliphatic carbocycles. The maximum Gasteiger partial charge on any atom is 0.389 e. The minimum Gasteiger partial charge on any atom is -0.512 e. The van der Waals surface area contributed by atoms with E-state index in [1.165, 1.54) is 15.8 Å². The van der Waals surface area contributed by atoms with Crippen molar-refractivity contribution in [2.75, 3.05) is 0 Å². The number of aliphatic hydroxyl groups is 1. The average Bonchev–Trinajstić information content (AvgIpc) is 3.43. The molecule has 0 spiro atoms. The summed E-state index contributed by atoms with van der Waals surface area (Å²) in [5.74, 6) is -2.00. The summed E-state index contributed by atoms with van der Waals surface area (Å²) < 4.78 is 37.8. The van der Waals surface area contributed by atoms with E-state index < -0.39 is 29.7 Å². The standard InChI is InChI=1S/C30H32N3S.C13H21F3O2.Ir/c1-19-24-26(34-27(19)30(17-31)13-11-29(5,6)12-14-30)25(33-18-32-24)21-15-20-9-7-8-10-22(20)23(16-21)28(2,3)4;1-4-9(5-2)11(17)7-12(18)10(6-3)8-13(14,15)16;/h7-10,16,18H,11-14H2,1-6H3;7,9-10,18H,4-6,8H2,1-3H3;/q-1;;/b;12-7-;. The number of halogens is 3.